The van der Waals surface area contributed by atoms with E-state index in [1.807, 2.05) is 18.7 Å². The maximum Gasteiger partial charge on any atom is 0.407 e. The Balaban J connectivity index is 1.63. The standard InChI is InChI=1S/C20H24FN5O3/c1-13-10-16(6-7-22-13)23-19(27)24-17-5-3-4-15(18(17)21)12-25-8-9-26(20(28)29)14(2)11-25/h3-7,10,14H,8-9,11-12H2,1-2H3,(H,28,29)(H2,22,23,24,27). The predicted molar refractivity (Wildman–Crippen MR) is 107 cm³/mol. The molecule has 0 spiro atoms. The third-order valence-electron chi connectivity index (χ3n) is 4.83. The fraction of sp³-hybridized carbons (Fsp3) is 0.350. The van der Waals surface area contributed by atoms with Gasteiger partial charge in [-0.05, 0) is 32.0 Å². The van der Waals surface area contributed by atoms with Gasteiger partial charge in [-0.15, -0.1) is 0 Å². The number of carbonyl (C=O) groups excluding carboxylic acids is 1. The number of carbonyl (C=O) groups is 2. The molecule has 1 aliphatic rings. The summed E-state index contributed by atoms with van der Waals surface area (Å²) in [6.07, 6.45) is 0.641. The molecule has 2 heterocycles. The summed E-state index contributed by atoms with van der Waals surface area (Å²) < 4.78 is 14.9. The third kappa shape index (κ3) is 5.20. The summed E-state index contributed by atoms with van der Waals surface area (Å²) in [4.78, 5) is 30.8. The Morgan fingerprint density at radius 2 is 2.07 bits per heavy atom. The van der Waals surface area contributed by atoms with Crippen LogP contribution in [0.1, 0.15) is 18.2 Å². The molecule has 3 rings (SSSR count). The van der Waals surface area contributed by atoms with Crippen LogP contribution in [0.5, 0.6) is 0 Å². The lowest BCUT2D eigenvalue weighted by molar-refractivity contribution is 0.0707. The minimum atomic E-state index is -0.940. The van der Waals surface area contributed by atoms with Crippen LogP contribution in [-0.4, -0.2) is 57.7 Å². The van der Waals surface area contributed by atoms with Crippen molar-refractivity contribution >= 4 is 23.5 Å². The summed E-state index contributed by atoms with van der Waals surface area (Å²) >= 11 is 0. The molecular formula is C20H24FN5O3. The van der Waals surface area contributed by atoms with Crippen molar-refractivity contribution < 1.29 is 19.1 Å². The van der Waals surface area contributed by atoms with Crippen LogP contribution in [-0.2, 0) is 6.54 Å². The Morgan fingerprint density at radius 1 is 1.28 bits per heavy atom. The predicted octanol–water partition coefficient (Wildman–Crippen LogP) is 3.36. The van der Waals surface area contributed by atoms with Crippen LogP contribution in [0.3, 0.4) is 0 Å². The van der Waals surface area contributed by atoms with E-state index in [9.17, 15) is 14.0 Å². The molecule has 1 saturated heterocycles. The highest BCUT2D eigenvalue weighted by Gasteiger charge is 2.27. The van der Waals surface area contributed by atoms with Gasteiger partial charge in [-0.1, -0.05) is 12.1 Å². The number of amides is 3. The molecule has 0 radical (unpaired) electrons. The van der Waals surface area contributed by atoms with Crippen molar-refractivity contribution in [2.24, 2.45) is 0 Å². The van der Waals surface area contributed by atoms with Crippen molar-refractivity contribution in [1.29, 1.82) is 0 Å². The first-order valence-electron chi connectivity index (χ1n) is 9.33. The van der Waals surface area contributed by atoms with Crippen molar-refractivity contribution in [3.63, 3.8) is 0 Å². The summed E-state index contributed by atoms with van der Waals surface area (Å²) in [7, 11) is 0. The normalized spacial score (nSPS) is 17.1. The van der Waals surface area contributed by atoms with E-state index in [1.54, 1.807) is 30.5 Å². The summed E-state index contributed by atoms with van der Waals surface area (Å²) in [5, 5.41) is 14.4. The lowest BCUT2D eigenvalue weighted by Gasteiger charge is -2.38. The van der Waals surface area contributed by atoms with Gasteiger partial charge in [-0.25, -0.2) is 14.0 Å². The van der Waals surface area contributed by atoms with Crippen LogP contribution >= 0.6 is 0 Å². The molecule has 0 saturated carbocycles. The van der Waals surface area contributed by atoms with Gasteiger partial charge in [-0.2, -0.15) is 0 Å². The molecule has 2 aromatic rings. The molecule has 29 heavy (non-hydrogen) atoms. The van der Waals surface area contributed by atoms with E-state index in [1.165, 1.54) is 11.0 Å². The van der Waals surface area contributed by atoms with Crippen molar-refractivity contribution in [1.82, 2.24) is 14.8 Å². The number of nitrogens with zero attached hydrogens (tertiary/aromatic N) is 3. The zero-order chi connectivity index (χ0) is 21.0. The molecular weight excluding hydrogens is 377 g/mol. The summed E-state index contributed by atoms with van der Waals surface area (Å²) in [5.74, 6) is -0.498. The van der Waals surface area contributed by atoms with Gasteiger partial charge in [0.05, 0.1) is 5.69 Å². The minimum absolute atomic E-state index is 0.0861. The first-order valence-corrected chi connectivity index (χ1v) is 9.33. The maximum atomic E-state index is 14.9. The van der Waals surface area contributed by atoms with E-state index in [2.05, 4.69) is 15.6 Å². The first kappa shape index (κ1) is 20.5. The van der Waals surface area contributed by atoms with E-state index < -0.39 is 17.9 Å². The number of urea groups is 1. The molecule has 0 bridgehead atoms. The third-order valence-corrected chi connectivity index (χ3v) is 4.83. The Morgan fingerprint density at radius 3 is 2.76 bits per heavy atom. The van der Waals surface area contributed by atoms with E-state index in [-0.39, 0.29) is 11.7 Å². The summed E-state index contributed by atoms with van der Waals surface area (Å²) in [5.41, 5.74) is 1.85. The first-order chi connectivity index (χ1) is 13.8. The Hall–Kier alpha value is -3.20. The van der Waals surface area contributed by atoms with Crippen molar-refractivity contribution in [3.8, 4) is 0 Å². The summed E-state index contributed by atoms with van der Waals surface area (Å²) in [6, 6.07) is 7.50. The smallest absolute Gasteiger partial charge is 0.407 e. The quantitative estimate of drug-likeness (QED) is 0.730. The lowest BCUT2D eigenvalue weighted by atomic mass is 10.1. The molecule has 1 aliphatic heterocycles. The highest BCUT2D eigenvalue weighted by atomic mass is 19.1. The number of carboxylic acid groups (broad SMARTS) is 1. The molecule has 3 N–H and O–H groups in total. The number of rotatable bonds is 4. The molecule has 3 amide bonds. The number of aromatic nitrogens is 1. The van der Waals surface area contributed by atoms with Crippen LogP contribution < -0.4 is 10.6 Å². The molecule has 1 unspecified atom stereocenters. The number of hydrogen-bond acceptors (Lipinski definition) is 4. The highest BCUT2D eigenvalue weighted by Crippen LogP contribution is 2.21. The number of anilines is 2. The van der Waals surface area contributed by atoms with Gasteiger partial charge < -0.3 is 20.6 Å². The van der Waals surface area contributed by atoms with Crippen molar-refractivity contribution in [3.05, 3.63) is 53.6 Å². The fourth-order valence-electron chi connectivity index (χ4n) is 3.41. The van der Waals surface area contributed by atoms with Gasteiger partial charge in [0.25, 0.3) is 0 Å². The van der Waals surface area contributed by atoms with Crippen molar-refractivity contribution in [2.75, 3.05) is 30.3 Å². The second kappa shape index (κ2) is 8.87. The van der Waals surface area contributed by atoms with Crippen LogP contribution in [0.4, 0.5) is 25.4 Å². The zero-order valence-electron chi connectivity index (χ0n) is 16.4. The second-order valence-corrected chi connectivity index (χ2v) is 7.10. The van der Waals surface area contributed by atoms with Gasteiger partial charge >= 0.3 is 12.1 Å². The van der Waals surface area contributed by atoms with Gasteiger partial charge in [0.15, 0.2) is 5.82 Å². The molecule has 9 heteroatoms. The zero-order valence-corrected chi connectivity index (χ0v) is 16.4. The Labute approximate surface area is 168 Å². The average Bonchev–Trinajstić information content (AvgIpc) is 2.65. The topological polar surface area (TPSA) is 97.8 Å². The number of pyridine rings is 1. The molecule has 1 atom stereocenters. The van der Waals surface area contributed by atoms with Gasteiger partial charge in [0.2, 0.25) is 0 Å². The second-order valence-electron chi connectivity index (χ2n) is 7.10. The van der Waals surface area contributed by atoms with Crippen LogP contribution in [0.2, 0.25) is 0 Å². The van der Waals surface area contributed by atoms with E-state index >= 15 is 0 Å². The number of nitrogens with one attached hydrogen (secondary N) is 2. The average molecular weight is 401 g/mol. The Bertz CT molecular complexity index is 907. The van der Waals surface area contributed by atoms with Crippen molar-refractivity contribution in [2.45, 2.75) is 26.4 Å². The molecule has 1 aromatic heterocycles. The Kier molecular flexibility index (Phi) is 6.28. The van der Waals surface area contributed by atoms with Gasteiger partial charge in [0, 0.05) is 55.4 Å². The monoisotopic (exact) mass is 401 g/mol. The maximum absolute atomic E-state index is 14.9. The fourth-order valence-corrected chi connectivity index (χ4v) is 3.41. The number of halogens is 1. The van der Waals surface area contributed by atoms with Crippen LogP contribution in [0.25, 0.3) is 0 Å². The minimum Gasteiger partial charge on any atom is -0.465 e. The molecule has 154 valence electrons. The molecule has 1 aromatic carbocycles. The van der Waals surface area contributed by atoms with Gasteiger partial charge in [0.1, 0.15) is 0 Å². The number of aryl methyl sites for hydroxylation is 1. The number of hydrogen-bond donors (Lipinski definition) is 3. The molecule has 0 aliphatic carbocycles. The van der Waals surface area contributed by atoms with Crippen LogP contribution in [0.15, 0.2) is 36.5 Å². The SMILES string of the molecule is Cc1cc(NC(=O)Nc2cccc(CN3CCN(C(=O)O)C(C)C3)c2F)ccn1. The summed E-state index contributed by atoms with van der Waals surface area (Å²) in [6.45, 7) is 5.40. The molecule has 8 nitrogen and oxygen atoms in total. The van der Waals surface area contributed by atoms with E-state index in [0.717, 1.165) is 5.69 Å². The number of piperazine rings is 1. The van der Waals surface area contributed by atoms with E-state index in [4.69, 9.17) is 5.11 Å². The highest BCUT2D eigenvalue weighted by molar-refractivity contribution is 5.99. The number of benzene rings is 1. The van der Waals surface area contributed by atoms with Gasteiger partial charge in [-0.3, -0.25) is 9.88 Å². The molecule has 1 fully saturated rings. The van der Waals surface area contributed by atoms with Crippen LogP contribution in [0, 0.1) is 12.7 Å². The lowest BCUT2D eigenvalue weighted by Crippen LogP contribution is -2.53. The largest absolute Gasteiger partial charge is 0.465 e. The van der Waals surface area contributed by atoms with E-state index in [0.29, 0.717) is 37.4 Å².